The third kappa shape index (κ3) is 6.22. The van der Waals surface area contributed by atoms with E-state index in [0.29, 0.717) is 34.8 Å². The van der Waals surface area contributed by atoms with E-state index >= 15 is 0 Å². The quantitative estimate of drug-likeness (QED) is 0.297. The molecule has 0 aliphatic heterocycles. The van der Waals surface area contributed by atoms with Crippen molar-refractivity contribution in [2.24, 2.45) is 5.73 Å². The van der Waals surface area contributed by atoms with Gasteiger partial charge in [-0.25, -0.2) is 0 Å². The summed E-state index contributed by atoms with van der Waals surface area (Å²) in [4.78, 5) is 40.6. The number of nitrogens with zero attached hydrogens (tertiary/aromatic N) is 4. The standard InChI is InChI=1S/C29H25ClN6O3/c30-23-8-9-26-24(13-23)25(34-36(26)18-27(31)37)16-33-29(39)22-12-21(14-32-15-22)11-19-4-6-20(7-5-19)17-35-10-2-1-3-28(35)38/h1-10,12-15H,11,16-18H2,(H2,31,37)(H,33,39). The van der Waals surface area contributed by atoms with E-state index in [0.717, 1.165) is 22.1 Å². The summed E-state index contributed by atoms with van der Waals surface area (Å²) < 4.78 is 3.15. The number of pyridine rings is 2. The molecule has 9 nitrogen and oxygen atoms in total. The molecule has 5 aromatic rings. The zero-order valence-electron chi connectivity index (χ0n) is 20.9. The van der Waals surface area contributed by atoms with Gasteiger partial charge in [0.1, 0.15) is 6.54 Å². The van der Waals surface area contributed by atoms with Crippen molar-refractivity contribution in [3.05, 3.63) is 129 Å². The Hall–Kier alpha value is -4.76. The van der Waals surface area contributed by atoms with Crippen LogP contribution in [0, 0.1) is 0 Å². The van der Waals surface area contributed by atoms with Gasteiger partial charge in [-0.15, -0.1) is 0 Å². The summed E-state index contributed by atoms with van der Waals surface area (Å²) in [5, 5.41) is 8.59. The zero-order valence-corrected chi connectivity index (χ0v) is 21.6. The number of carbonyl (C=O) groups is 2. The summed E-state index contributed by atoms with van der Waals surface area (Å²) in [7, 11) is 0. The molecule has 10 heteroatoms. The first kappa shape index (κ1) is 25.9. The third-order valence-corrected chi connectivity index (χ3v) is 6.49. The molecule has 3 N–H and O–H groups in total. The molecule has 2 amide bonds. The molecule has 0 unspecified atom stereocenters. The Kier molecular flexibility index (Phi) is 7.51. The minimum atomic E-state index is -0.519. The van der Waals surface area contributed by atoms with Crippen LogP contribution in [0.1, 0.15) is 32.7 Å². The Labute approximate surface area is 228 Å². The van der Waals surface area contributed by atoms with Gasteiger partial charge in [0.2, 0.25) is 5.91 Å². The van der Waals surface area contributed by atoms with Gasteiger partial charge in [0.15, 0.2) is 0 Å². The highest BCUT2D eigenvalue weighted by Gasteiger charge is 2.15. The number of carbonyl (C=O) groups excluding carboxylic acids is 2. The fraction of sp³-hybridized carbons (Fsp3) is 0.138. The molecule has 0 fully saturated rings. The van der Waals surface area contributed by atoms with Crippen LogP contribution >= 0.6 is 11.6 Å². The average Bonchev–Trinajstić information content (AvgIpc) is 3.25. The van der Waals surface area contributed by atoms with E-state index in [4.69, 9.17) is 17.3 Å². The maximum absolute atomic E-state index is 12.9. The smallest absolute Gasteiger partial charge is 0.253 e. The van der Waals surface area contributed by atoms with E-state index < -0.39 is 5.91 Å². The van der Waals surface area contributed by atoms with Gasteiger partial charge in [0.25, 0.3) is 11.5 Å². The van der Waals surface area contributed by atoms with Gasteiger partial charge in [-0.1, -0.05) is 41.9 Å². The predicted octanol–water partition coefficient (Wildman–Crippen LogP) is 3.30. The Morgan fingerprint density at radius 3 is 2.51 bits per heavy atom. The minimum Gasteiger partial charge on any atom is -0.368 e. The lowest BCUT2D eigenvalue weighted by atomic mass is 10.0. The summed E-state index contributed by atoms with van der Waals surface area (Å²) in [5.41, 5.74) is 9.97. The van der Waals surface area contributed by atoms with Crippen molar-refractivity contribution < 1.29 is 9.59 Å². The Morgan fingerprint density at radius 2 is 1.74 bits per heavy atom. The maximum atomic E-state index is 12.9. The van der Waals surface area contributed by atoms with Gasteiger partial charge in [-0.05, 0) is 53.4 Å². The number of hydrogen-bond donors (Lipinski definition) is 2. The van der Waals surface area contributed by atoms with E-state index in [1.807, 2.05) is 30.3 Å². The first-order chi connectivity index (χ1) is 18.9. The van der Waals surface area contributed by atoms with Crippen LogP contribution in [0.15, 0.2) is 90.1 Å². The Balaban J connectivity index is 1.25. The van der Waals surface area contributed by atoms with Gasteiger partial charge in [0.05, 0.1) is 29.9 Å². The van der Waals surface area contributed by atoms with Crippen molar-refractivity contribution in [1.29, 1.82) is 0 Å². The van der Waals surface area contributed by atoms with Gasteiger partial charge in [-0.3, -0.25) is 24.0 Å². The van der Waals surface area contributed by atoms with Crippen LogP contribution in [-0.2, 0) is 30.8 Å². The van der Waals surface area contributed by atoms with E-state index in [1.165, 1.54) is 10.9 Å². The van der Waals surface area contributed by atoms with Crippen LogP contribution in [0.4, 0.5) is 0 Å². The molecule has 196 valence electrons. The van der Waals surface area contributed by atoms with E-state index in [-0.39, 0.29) is 24.6 Å². The van der Waals surface area contributed by atoms with Crippen LogP contribution < -0.4 is 16.6 Å². The Bertz CT molecular complexity index is 1730. The number of primary amides is 1. The van der Waals surface area contributed by atoms with Crippen molar-refractivity contribution in [1.82, 2.24) is 24.6 Å². The molecule has 5 rings (SSSR count). The number of aromatic nitrogens is 4. The van der Waals surface area contributed by atoms with Crippen molar-refractivity contribution in [2.75, 3.05) is 0 Å². The highest BCUT2D eigenvalue weighted by Crippen LogP contribution is 2.23. The number of fused-ring (bicyclic) bond motifs is 1. The van der Waals surface area contributed by atoms with Gasteiger partial charge in [-0.2, -0.15) is 5.10 Å². The summed E-state index contributed by atoms with van der Waals surface area (Å²) >= 11 is 6.16. The van der Waals surface area contributed by atoms with Crippen LogP contribution in [0.25, 0.3) is 10.9 Å². The summed E-state index contributed by atoms with van der Waals surface area (Å²) in [6.45, 7) is 0.556. The van der Waals surface area contributed by atoms with Crippen molar-refractivity contribution in [3.63, 3.8) is 0 Å². The largest absolute Gasteiger partial charge is 0.368 e. The molecule has 39 heavy (non-hydrogen) atoms. The fourth-order valence-electron chi connectivity index (χ4n) is 4.38. The molecular weight excluding hydrogens is 516 g/mol. The molecule has 0 atom stereocenters. The average molecular weight is 541 g/mol. The van der Waals surface area contributed by atoms with Crippen LogP contribution in [0.3, 0.4) is 0 Å². The summed E-state index contributed by atoms with van der Waals surface area (Å²) in [5.74, 6) is -0.818. The second-order valence-electron chi connectivity index (χ2n) is 9.16. The highest BCUT2D eigenvalue weighted by molar-refractivity contribution is 6.31. The first-order valence-electron chi connectivity index (χ1n) is 12.2. The zero-order chi connectivity index (χ0) is 27.4. The molecule has 0 bridgehead atoms. The number of halogens is 1. The molecule has 3 heterocycles. The minimum absolute atomic E-state index is 0.0428. The molecule has 0 radical (unpaired) electrons. The van der Waals surface area contributed by atoms with Crippen molar-refractivity contribution >= 4 is 34.3 Å². The molecule has 0 aliphatic rings. The topological polar surface area (TPSA) is 125 Å². The monoisotopic (exact) mass is 540 g/mol. The van der Waals surface area contributed by atoms with Gasteiger partial charge < -0.3 is 15.6 Å². The van der Waals surface area contributed by atoms with E-state index in [2.05, 4.69) is 15.4 Å². The predicted molar refractivity (Wildman–Crippen MR) is 148 cm³/mol. The highest BCUT2D eigenvalue weighted by atomic mass is 35.5. The number of hydrogen-bond acceptors (Lipinski definition) is 5. The van der Waals surface area contributed by atoms with Gasteiger partial charge >= 0.3 is 0 Å². The van der Waals surface area contributed by atoms with Crippen LogP contribution in [0.5, 0.6) is 0 Å². The molecule has 0 aliphatic carbocycles. The maximum Gasteiger partial charge on any atom is 0.253 e. The second-order valence-corrected chi connectivity index (χ2v) is 9.59. The normalized spacial score (nSPS) is 11.0. The lowest BCUT2D eigenvalue weighted by Gasteiger charge is -2.08. The first-order valence-corrected chi connectivity index (χ1v) is 12.6. The molecule has 0 saturated heterocycles. The molecular formula is C29H25ClN6O3. The van der Waals surface area contributed by atoms with E-state index in [9.17, 15) is 14.4 Å². The summed E-state index contributed by atoms with van der Waals surface area (Å²) in [6, 6.07) is 20.1. The number of nitrogens with one attached hydrogen (secondary N) is 1. The summed E-state index contributed by atoms with van der Waals surface area (Å²) in [6.07, 6.45) is 5.61. The SMILES string of the molecule is NC(=O)Cn1nc(CNC(=O)c2cncc(Cc3ccc(Cn4ccccc4=O)cc3)c2)c2cc(Cl)ccc21. The van der Waals surface area contributed by atoms with E-state index in [1.54, 1.807) is 53.4 Å². The molecule has 0 spiro atoms. The number of rotatable bonds is 9. The lowest BCUT2D eigenvalue weighted by Crippen LogP contribution is -2.24. The number of benzene rings is 2. The molecule has 2 aromatic carbocycles. The molecule has 3 aromatic heterocycles. The van der Waals surface area contributed by atoms with Gasteiger partial charge in [0, 0.05) is 35.1 Å². The fourth-order valence-corrected chi connectivity index (χ4v) is 4.55. The van der Waals surface area contributed by atoms with Crippen molar-refractivity contribution in [2.45, 2.75) is 26.1 Å². The number of amides is 2. The Morgan fingerprint density at radius 1 is 0.949 bits per heavy atom. The van der Waals surface area contributed by atoms with Crippen LogP contribution in [-0.4, -0.2) is 31.1 Å². The molecule has 0 saturated carbocycles. The lowest BCUT2D eigenvalue weighted by molar-refractivity contribution is -0.118. The third-order valence-electron chi connectivity index (χ3n) is 6.25. The van der Waals surface area contributed by atoms with Crippen LogP contribution in [0.2, 0.25) is 5.02 Å². The van der Waals surface area contributed by atoms with Crippen molar-refractivity contribution in [3.8, 4) is 0 Å². The second kappa shape index (κ2) is 11.3. The number of nitrogens with two attached hydrogens (primary N) is 1.